The van der Waals surface area contributed by atoms with E-state index in [4.69, 9.17) is 4.74 Å². The van der Waals surface area contributed by atoms with Gasteiger partial charge in [-0.05, 0) is 31.7 Å². The molecule has 1 aliphatic rings. The van der Waals surface area contributed by atoms with Crippen molar-refractivity contribution in [2.75, 3.05) is 7.11 Å². The maximum atomic E-state index is 12.4. The van der Waals surface area contributed by atoms with Gasteiger partial charge in [0, 0.05) is 23.5 Å². The van der Waals surface area contributed by atoms with E-state index in [0.29, 0.717) is 6.42 Å². The molecule has 0 bridgehead atoms. The molecule has 0 heterocycles. The minimum absolute atomic E-state index is 0.103. The molecule has 3 heteroatoms. The van der Waals surface area contributed by atoms with Gasteiger partial charge in [-0.3, -0.25) is 9.59 Å². The van der Waals surface area contributed by atoms with E-state index in [1.807, 2.05) is 24.5 Å². The van der Waals surface area contributed by atoms with Gasteiger partial charge in [0.25, 0.3) is 0 Å². The highest BCUT2D eigenvalue weighted by atomic mass is 16.5. The van der Waals surface area contributed by atoms with Crippen LogP contribution in [0.25, 0.3) is 0 Å². The van der Waals surface area contributed by atoms with Crippen LogP contribution in [0, 0.1) is 5.92 Å². The van der Waals surface area contributed by atoms with E-state index in [0.717, 1.165) is 49.0 Å². The molecule has 2 rings (SSSR count). The summed E-state index contributed by atoms with van der Waals surface area (Å²) in [6.07, 6.45) is 6.78. The van der Waals surface area contributed by atoms with Crippen LogP contribution in [0.1, 0.15) is 48.0 Å². The maximum Gasteiger partial charge on any atom is 0.198 e. The average molecular weight is 259 g/mol. The van der Waals surface area contributed by atoms with Crippen LogP contribution in [-0.2, 0) is 11.2 Å². The van der Waals surface area contributed by atoms with Crippen LogP contribution in [-0.4, -0.2) is 19.2 Å². The van der Waals surface area contributed by atoms with Crippen LogP contribution in [0.15, 0.2) is 18.2 Å². The van der Waals surface area contributed by atoms with Gasteiger partial charge in [-0.15, -0.1) is 0 Å². The van der Waals surface area contributed by atoms with Crippen LogP contribution in [0.3, 0.4) is 0 Å². The Morgan fingerprint density at radius 1 is 1.37 bits per heavy atom. The topological polar surface area (TPSA) is 43.4 Å². The SMILES string of the molecule is COc1cccc2c1CCC(CCCC[C]=O)C2=O. The second kappa shape index (κ2) is 6.50. The number of carbonyl (C=O) groups is 1. The molecule has 3 nitrogen and oxygen atoms in total. The monoisotopic (exact) mass is 259 g/mol. The van der Waals surface area contributed by atoms with Crippen molar-refractivity contribution in [3.05, 3.63) is 29.3 Å². The molecule has 0 aliphatic heterocycles. The fourth-order valence-corrected chi connectivity index (χ4v) is 2.78. The van der Waals surface area contributed by atoms with Crippen molar-refractivity contribution < 1.29 is 14.3 Å². The normalized spacial score (nSPS) is 17.9. The molecule has 1 aliphatic carbocycles. The lowest BCUT2D eigenvalue weighted by Gasteiger charge is -2.24. The zero-order valence-corrected chi connectivity index (χ0v) is 11.3. The molecule has 0 amide bonds. The lowest BCUT2D eigenvalue weighted by Crippen LogP contribution is -2.23. The van der Waals surface area contributed by atoms with Crippen molar-refractivity contribution >= 4 is 12.1 Å². The zero-order chi connectivity index (χ0) is 13.7. The molecular weight excluding hydrogens is 240 g/mol. The molecule has 19 heavy (non-hydrogen) atoms. The largest absolute Gasteiger partial charge is 0.496 e. The van der Waals surface area contributed by atoms with E-state index in [-0.39, 0.29) is 11.7 Å². The third kappa shape index (κ3) is 3.03. The highest BCUT2D eigenvalue weighted by Crippen LogP contribution is 2.33. The number of carbonyl (C=O) groups excluding carboxylic acids is 2. The Kier molecular flexibility index (Phi) is 4.72. The molecule has 0 saturated heterocycles. The van der Waals surface area contributed by atoms with Gasteiger partial charge in [-0.2, -0.15) is 0 Å². The summed E-state index contributed by atoms with van der Waals surface area (Å²) in [7, 11) is 1.64. The number of benzene rings is 1. The summed E-state index contributed by atoms with van der Waals surface area (Å²) in [5.41, 5.74) is 1.87. The van der Waals surface area contributed by atoms with Crippen LogP contribution in [0.5, 0.6) is 5.75 Å². The molecule has 1 atom stereocenters. The Hall–Kier alpha value is -1.64. The van der Waals surface area contributed by atoms with Crippen LogP contribution in [0.2, 0.25) is 0 Å². The number of hydrogen-bond acceptors (Lipinski definition) is 3. The average Bonchev–Trinajstić information content (AvgIpc) is 2.45. The van der Waals surface area contributed by atoms with E-state index in [1.165, 1.54) is 0 Å². The Bertz CT molecular complexity index is 465. The summed E-state index contributed by atoms with van der Waals surface area (Å²) in [5.74, 6) is 1.15. The second-order valence-corrected chi connectivity index (χ2v) is 4.98. The number of methoxy groups -OCH3 is 1. The summed E-state index contributed by atoms with van der Waals surface area (Å²) in [6.45, 7) is 0. The third-order valence-electron chi connectivity index (χ3n) is 3.81. The number of Topliss-reactive ketones (excluding diaryl/α,β-unsaturated/α-hetero) is 1. The Morgan fingerprint density at radius 3 is 2.95 bits per heavy atom. The molecule has 0 saturated carbocycles. The number of ketones is 1. The molecular formula is C16H19O3. The van der Waals surface area contributed by atoms with Gasteiger partial charge in [-0.1, -0.05) is 18.6 Å². The molecule has 1 unspecified atom stereocenters. The quantitative estimate of drug-likeness (QED) is 0.737. The van der Waals surface area contributed by atoms with E-state index in [9.17, 15) is 9.59 Å². The van der Waals surface area contributed by atoms with Gasteiger partial charge in [-0.25, -0.2) is 0 Å². The first kappa shape index (κ1) is 13.8. The lowest BCUT2D eigenvalue weighted by atomic mass is 9.80. The fourth-order valence-electron chi connectivity index (χ4n) is 2.78. The highest BCUT2D eigenvalue weighted by molar-refractivity contribution is 6.00. The Balaban J connectivity index is 2.05. The van der Waals surface area contributed by atoms with Gasteiger partial charge in [0.1, 0.15) is 5.75 Å². The molecule has 0 aromatic heterocycles. The standard InChI is InChI=1S/C16H19O3/c1-19-15-8-5-7-14-13(15)10-9-12(16(14)18)6-3-2-4-11-17/h5,7-8,12H,2-4,6,9-10H2,1H3. The second-order valence-electron chi connectivity index (χ2n) is 4.98. The predicted octanol–water partition coefficient (Wildman–Crippen LogP) is 3.11. The lowest BCUT2D eigenvalue weighted by molar-refractivity contribution is 0.0892. The van der Waals surface area contributed by atoms with Gasteiger partial charge in [0.2, 0.25) is 0 Å². The van der Waals surface area contributed by atoms with E-state index in [1.54, 1.807) is 7.11 Å². The Morgan fingerprint density at radius 2 is 2.21 bits per heavy atom. The molecule has 1 aromatic rings. The summed E-state index contributed by atoms with van der Waals surface area (Å²) >= 11 is 0. The number of rotatable bonds is 6. The molecule has 1 aromatic carbocycles. The number of fused-ring (bicyclic) bond motifs is 1. The van der Waals surface area contributed by atoms with Crippen LogP contribution >= 0.6 is 0 Å². The van der Waals surface area contributed by atoms with Gasteiger partial charge < -0.3 is 4.74 Å². The fraction of sp³-hybridized carbons (Fsp3) is 0.500. The molecule has 1 radical (unpaired) electrons. The number of ether oxygens (including phenoxy) is 1. The van der Waals surface area contributed by atoms with Gasteiger partial charge >= 0.3 is 0 Å². The third-order valence-corrected chi connectivity index (χ3v) is 3.81. The van der Waals surface area contributed by atoms with E-state index < -0.39 is 0 Å². The van der Waals surface area contributed by atoms with Crippen molar-refractivity contribution in [1.29, 1.82) is 0 Å². The van der Waals surface area contributed by atoms with Crippen molar-refractivity contribution in [3.8, 4) is 5.75 Å². The molecule has 0 spiro atoms. The van der Waals surface area contributed by atoms with Crippen LogP contribution in [0.4, 0.5) is 0 Å². The molecule has 0 N–H and O–H groups in total. The summed E-state index contributed by atoms with van der Waals surface area (Å²) < 4.78 is 5.31. The minimum Gasteiger partial charge on any atom is -0.496 e. The number of hydrogen-bond donors (Lipinski definition) is 0. The summed E-state index contributed by atoms with van der Waals surface area (Å²) in [4.78, 5) is 22.6. The predicted molar refractivity (Wildman–Crippen MR) is 73.3 cm³/mol. The molecule has 0 fully saturated rings. The van der Waals surface area contributed by atoms with Gasteiger partial charge in [0.05, 0.1) is 7.11 Å². The van der Waals surface area contributed by atoms with E-state index in [2.05, 4.69) is 0 Å². The smallest absolute Gasteiger partial charge is 0.198 e. The van der Waals surface area contributed by atoms with Crippen molar-refractivity contribution in [2.45, 2.75) is 38.5 Å². The summed E-state index contributed by atoms with van der Waals surface area (Å²) in [5, 5.41) is 0. The molecule has 101 valence electrons. The zero-order valence-electron chi connectivity index (χ0n) is 11.3. The van der Waals surface area contributed by atoms with Crippen molar-refractivity contribution in [3.63, 3.8) is 0 Å². The van der Waals surface area contributed by atoms with Crippen molar-refractivity contribution in [2.24, 2.45) is 5.92 Å². The number of unbranched alkanes of at least 4 members (excludes halogenated alkanes) is 2. The first-order chi connectivity index (χ1) is 9.27. The minimum atomic E-state index is 0.103. The van der Waals surface area contributed by atoms with Crippen molar-refractivity contribution in [1.82, 2.24) is 0 Å². The first-order valence-corrected chi connectivity index (χ1v) is 6.83. The maximum absolute atomic E-state index is 12.4. The van der Waals surface area contributed by atoms with Gasteiger partial charge in [0.15, 0.2) is 12.1 Å². The summed E-state index contributed by atoms with van der Waals surface area (Å²) in [6, 6.07) is 5.68. The van der Waals surface area contributed by atoms with E-state index >= 15 is 0 Å². The first-order valence-electron chi connectivity index (χ1n) is 6.83. The Labute approximate surface area is 114 Å². The highest BCUT2D eigenvalue weighted by Gasteiger charge is 2.28. The van der Waals surface area contributed by atoms with Crippen LogP contribution < -0.4 is 4.74 Å².